The van der Waals surface area contributed by atoms with Crippen molar-refractivity contribution in [3.63, 3.8) is 0 Å². The molecule has 12 heavy (non-hydrogen) atoms. The molecule has 0 saturated carbocycles. The van der Waals surface area contributed by atoms with Crippen LogP contribution in [0, 0.1) is 12.8 Å². The molecule has 0 aliphatic heterocycles. The van der Waals surface area contributed by atoms with Crippen LogP contribution in [0.3, 0.4) is 0 Å². The minimum Gasteiger partial charge on any atom is -0.294 e. The third-order valence-electron chi connectivity index (χ3n) is 1.81. The minimum atomic E-state index is 0.0612. The van der Waals surface area contributed by atoms with E-state index in [4.69, 9.17) is 0 Å². The second-order valence-electron chi connectivity index (χ2n) is 3.21. The van der Waals surface area contributed by atoms with E-state index in [1.807, 2.05) is 20.8 Å². The molecule has 0 fully saturated rings. The number of Topliss-reactive ketones (excluding diaryl/α,β-unsaturated/α-hetero) is 1. The lowest BCUT2D eigenvalue weighted by Gasteiger charge is -2.05. The van der Waals surface area contributed by atoms with Crippen molar-refractivity contribution in [2.45, 2.75) is 20.8 Å². The summed E-state index contributed by atoms with van der Waals surface area (Å²) in [6, 6.07) is 1.78. The van der Waals surface area contributed by atoms with E-state index in [9.17, 15) is 4.79 Å². The third-order valence-corrected chi connectivity index (χ3v) is 1.81. The summed E-state index contributed by atoms with van der Waals surface area (Å²) in [7, 11) is 0. The summed E-state index contributed by atoms with van der Waals surface area (Å²) in [4.78, 5) is 15.5. The van der Waals surface area contributed by atoms with Crippen LogP contribution in [0.4, 0.5) is 0 Å². The molecule has 1 heterocycles. The Morgan fingerprint density at radius 2 is 2.17 bits per heavy atom. The molecule has 64 valence electrons. The third kappa shape index (κ3) is 1.70. The Morgan fingerprint density at radius 3 is 2.67 bits per heavy atom. The standard InChI is InChI=1S/C10H13NO/c1-7(2)10(12)9-4-5-11-6-8(9)3/h4-7H,1-3H3. The van der Waals surface area contributed by atoms with Gasteiger partial charge in [0.1, 0.15) is 0 Å². The molecule has 1 aromatic rings. The Balaban J connectivity index is 3.03. The van der Waals surface area contributed by atoms with Gasteiger partial charge in [0.15, 0.2) is 5.78 Å². The number of aromatic nitrogens is 1. The largest absolute Gasteiger partial charge is 0.294 e. The molecule has 0 aromatic carbocycles. The van der Waals surface area contributed by atoms with E-state index in [2.05, 4.69) is 4.98 Å². The Kier molecular flexibility index (Phi) is 2.58. The second kappa shape index (κ2) is 3.48. The first-order valence-electron chi connectivity index (χ1n) is 4.07. The van der Waals surface area contributed by atoms with Gasteiger partial charge in [0.25, 0.3) is 0 Å². The first kappa shape index (κ1) is 8.91. The number of ketones is 1. The van der Waals surface area contributed by atoms with E-state index in [0.29, 0.717) is 0 Å². The molecule has 0 bridgehead atoms. The molecular weight excluding hydrogens is 150 g/mol. The van der Waals surface area contributed by atoms with Gasteiger partial charge in [-0.15, -0.1) is 0 Å². The smallest absolute Gasteiger partial charge is 0.165 e. The highest BCUT2D eigenvalue weighted by Gasteiger charge is 2.11. The highest BCUT2D eigenvalue weighted by atomic mass is 16.1. The molecule has 0 aliphatic carbocycles. The maximum absolute atomic E-state index is 11.5. The van der Waals surface area contributed by atoms with Gasteiger partial charge in [-0.2, -0.15) is 0 Å². The number of pyridine rings is 1. The van der Waals surface area contributed by atoms with Crippen molar-refractivity contribution in [1.29, 1.82) is 0 Å². The van der Waals surface area contributed by atoms with Crippen LogP contribution in [-0.2, 0) is 0 Å². The van der Waals surface area contributed by atoms with Gasteiger partial charge in [-0.05, 0) is 18.6 Å². The summed E-state index contributed by atoms with van der Waals surface area (Å²) in [6.45, 7) is 5.72. The number of hydrogen-bond acceptors (Lipinski definition) is 2. The first-order chi connectivity index (χ1) is 5.63. The maximum Gasteiger partial charge on any atom is 0.165 e. The van der Waals surface area contributed by atoms with Crippen molar-refractivity contribution in [3.8, 4) is 0 Å². The highest BCUT2D eigenvalue weighted by molar-refractivity contribution is 5.98. The van der Waals surface area contributed by atoms with E-state index in [1.165, 1.54) is 0 Å². The number of carbonyl (C=O) groups is 1. The average Bonchev–Trinajstić information content (AvgIpc) is 2.04. The molecule has 2 nitrogen and oxygen atoms in total. The molecule has 0 atom stereocenters. The second-order valence-corrected chi connectivity index (χ2v) is 3.21. The summed E-state index contributed by atoms with van der Waals surface area (Å²) >= 11 is 0. The summed E-state index contributed by atoms with van der Waals surface area (Å²) in [5, 5.41) is 0. The maximum atomic E-state index is 11.5. The van der Waals surface area contributed by atoms with E-state index < -0.39 is 0 Å². The van der Waals surface area contributed by atoms with Crippen molar-refractivity contribution < 1.29 is 4.79 Å². The quantitative estimate of drug-likeness (QED) is 0.626. The van der Waals surface area contributed by atoms with Crippen molar-refractivity contribution in [2.24, 2.45) is 5.92 Å². The van der Waals surface area contributed by atoms with Gasteiger partial charge in [0.2, 0.25) is 0 Å². The fourth-order valence-electron chi connectivity index (χ4n) is 1.06. The normalized spacial score (nSPS) is 10.3. The molecule has 0 aliphatic rings. The van der Waals surface area contributed by atoms with Crippen molar-refractivity contribution in [2.75, 3.05) is 0 Å². The molecule has 0 N–H and O–H groups in total. The SMILES string of the molecule is Cc1cnccc1C(=O)C(C)C. The van der Waals surface area contributed by atoms with Crippen LogP contribution in [-0.4, -0.2) is 10.8 Å². The summed E-state index contributed by atoms with van der Waals surface area (Å²) < 4.78 is 0. The van der Waals surface area contributed by atoms with Crippen LogP contribution >= 0.6 is 0 Å². The fraction of sp³-hybridized carbons (Fsp3) is 0.400. The molecule has 0 radical (unpaired) electrons. The van der Waals surface area contributed by atoms with Gasteiger partial charge >= 0.3 is 0 Å². The van der Waals surface area contributed by atoms with Crippen LogP contribution in [0.25, 0.3) is 0 Å². The first-order valence-corrected chi connectivity index (χ1v) is 4.07. The zero-order valence-electron chi connectivity index (χ0n) is 7.66. The number of carbonyl (C=O) groups excluding carboxylic acids is 1. The van der Waals surface area contributed by atoms with Gasteiger partial charge in [-0.1, -0.05) is 13.8 Å². The Morgan fingerprint density at radius 1 is 1.50 bits per heavy atom. The van der Waals surface area contributed by atoms with Crippen LogP contribution in [0.5, 0.6) is 0 Å². The Labute approximate surface area is 72.6 Å². The van der Waals surface area contributed by atoms with Crippen molar-refractivity contribution in [1.82, 2.24) is 4.98 Å². The Hall–Kier alpha value is -1.18. The zero-order chi connectivity index (χ0) is 9.14. The molecule has 0 spiro atoms. The molecule has 0 saturated heterocycles. The van der Waals surface area contributed by atoms with E-state index in [-0.39, 0.29) is 11.7 Å². The molecule has 1 rings (SSSR count). The molecule has 0 unspecified atom stereocenters. The predicted molar refractivity (Wildman–Crippen MR) is 48.1 cm³/mol. The van der Waals surface area contributed by atoms with Crippen LogP contribution < -0.4 is 0 Å². The lowest BCUT2D eigenvalue weighted by Crippen LogP contribution is -2.09. The molecular formula is C10H13NO. The minimum absolute atomic E-state index is 0.0612. The average molecular weight is 163 g/mol. The van der Waals surface area contributed by atoms with Crippen LogP contribution in [0.2, 0.25) is 0 Å². The number of hydrogen-bond donors (Lipinski definition) is 0. The van der Waals surface area contributed by atoms with Gasteiger partial charge in [-0.25, -0.2) is 0 Å². The molecule has 0 amide bonds. The van der Waals surface area contributed by atoms with Gasteiger partial charge < -0.3 is 0 Å². The van der Waals surface area contributed by atoms with Crippen LogP contribution in [0.1, 0.15) is 29.8 Å². The molecule has 1 aromatic heterocycles. The lowest BCUT2D eigenvalue weighted by atomic mass is 9.99. The summed E-state index contributed by atoms with van der Waals surface area (Å²) in [5.41, 5.74) is 1.75. The number of aryl methyl sites for hydroxylation is 1. The van der Waals surface area contributed by atoms with E-state index in [0.717, 1.165) is 11.1 Å². The number of rotatable bonds is 2. The zero-order valence-corrected chi connectivity index (χ0v) is 7.66. The lowest BCUT2D eigenvalue weighted by molar-refractivity contribution is 0.0938. The Bertz CT molecular complexity index is 292. The highest BCUT2D eigenvalue weighted by Crippen LogP contribution is 2.11. The number of nitrogens with zero attached hydrogens (tertiary/aromatic N) is 1. The predicted octanol–water partition coefficient (Wildman–Crippen LogP) is 2.23. The topological polar surface area (TPSA) is 30.0 Å². The van der Waals surface area contributed by atoms with Gasteiger partial charge in [-0.3, -0.25) is 9.78 Å². The fourth-order valence-corrected chi connectivity index (χ4v) is 1.06. The summed E-state index contributed by atoms with van der Waals surface area (Å²) in [6.07, 6.45) is 3.37. The van der Waals surface area contributed by atoms with Gasteiger partial charge in [0.05, 0.1) is 0 Å². The van der Waals surface area contributed by atoms with Crippen LogP contribution in [0.15, 0.2) is 18.5 Å². The van der Waals surface area contributed by atoms with E-state index in [1.54, 1.807) is 18.5 Å². The van der Waals surface area contributed by atoms with Crippen molar-refractivity contribution >= 4 is 5.78 Å². The summed E-state index contributed by atoms with van der Waals surface area (Å²) in [5.74, 6) is 0.251. The van der Waals surface area contributed by atoms with Crippen molar-refractivity contribution in [3.05, 3.63) is 29.6 Å². The molecule has 2 heteroatoms. The monoisotopic (exact) mass is 163 g/mol. The van der Waals surface area contributed by atoms with E-state index >= 15 is 0 Å². The van der Waals surface area contributed by atoms with Gasteiger partial charge in [0, 0.05) is 23.9 Å².